The number of ether oxygens (including phenoxy) is 2. The molecule has 3 aromatic carbocycles. The molecule has 0 spiro atoms. The van der Waals surface area contributed by atoms with Gasteiger partial charge in [-0.15, -0.1) is 0 Å². The third-order valence-corrected chi connectivity index (χ3v) is 5.91. The molecule has 1 N–H and O–H groups in total. The van der Waals surface area contributed by atoms with Gasteiger partial charge in [0, 0.05) is 22.9 Å². The van der Waals surface area contributed by atoms with Crippen LogP contribution in [0, 0.1) is 11.6 Å². The van der Waals surface area contributed by atoms with Crippen LogP contribution in [-0.4, -0.2) is 17.7 Å². The van der Waals surface area contributed by atoms with Gasteiger partial charge in [-0.25, -0.2) is 13.8 Å². The van der Waals surface area contributed by atoms with Crippen LogP contribution in [0.1, 0.15) is 15.9 Å². The monoisotopic (exact) mass is 450 g/mol. The predicted octanol–water partition coefficient (Wildman–Crippen LogP) is 5.32. The molecule has 5 rings (SSSR count). The molecule has 0 fully saturated rings. The number of carbonyl (C=O) groups is 1. The van der Waals surface area contributed by atoms with E-state index in [2.05, 4.69) is 10.3 Å². The molecule has 1 amide bonds. The molecule has 0 saturated carbocycles. The van der Waals surface area contributed by atoms with Gasteiger partial charge in [-0.05, 0) is 42.0 Å². The van der Waals surface area contributed by atoms with Crippen molar-refractivity contribution >= 4 is 28.6 Å². The Morgan fingerprint density at radius 3 is 2.72 bits per heavy atom. The van der Waals surface area contributed by atoms with Crippen LogP contribution in [0.2, 0.25) is 0 Å². The molecule has 4 aromatic rings. The average Bonchev–Trinajstić information content (AvgIpc) is 3.27. The Kier molecular flexibility index (Phi) is 5.36. The summed E-state index contributed by atoms with van der Waals surface area (Å²) in [4.78, 5) is 17.8. The summed E-state index contributed by atoms with van der Waals surface area (Å²) in [5.74, 6) is -0.301. The number of hydrogen-bond acceptors (Lipinski definition) is 5. The zero-order valence-corrected chi connectivity index (χ0v) is 17.4. The van der Waals surface area contributed by atoms with Gasteiger partial charge in [-0.1, -0.05) is 36.0 Å². The number of nitrogens with one attached hydrogen (secondary N) is 1. The Morgan fingerprint density at radius 1 is 1.00 bits per heavy atom. The molecule has 0 bridgehead atoms. The molecule has 0 radical (unpaired) electrons. The molecule has 2 heterocycles. The second kappa shape index (κ2) is 8.47. The number of nitrogens with zero attached hydrogens (tertiary/aromatic N) is 1. The van der Waals surface area contributed by atoms with Crippen molar-refractivity contribution in [2.24, 2.45) is 0 Å². The van der Waals surface area contributed by atoms with Crippen molar-refractivity contribution in [3.63, 3.8) is 0 Å². The highest BCUT2D eigenvalue weighted by Crippen LogP contribution is 2.33. The molecule has 1 aliphatic heterocycles. The predicted molar refractivity (Wildman–Crippen MR) is 116 cm³/mol. The van der Waals surface area contributed by atoms with Crippen LogP contribution >= 0.6 is 11.8 Å². The van der Waals surface area contributed by atoms with Crippen molar-refractivity contribution in [1.82, 2.24) is 10.3 Å². The fourth-order valence-corrected chi connectivity index (χ4v) is 4.23. The highest BCUT2D eigenvalue weighted by molar-refractivity contribution is 7.99. The van der Waals surface area contributed by atoms with Gasteiger partial charge >= 0.3 is 0 Å². The van der Waals surface area contributed by atoms with E-state index in [0.29, 0.717) is 39.5 Å². The van der Waals surface area contributed by atoms with E-state index in [1.165, 1.54) is 12.1 Å². The first-order chi connectivity index (χ1) is 15.6. The quantitative estimate of drug-likeness (QED) is 0.446. The number of carbonyl (C=O) groups excluding carboxylic acids is 1. The van der Waals surface area contributed by atoms with Crippen molar-refractivity contribution in [3.8, 4) is 11.5 Å². The molecular weight excluding hydrogens is 434 g/mol. The Morgan fingerprint density at radius 2 is 1.84 bits per heavy atom. The number of para-hydroxylation sites is 1. The number of fused-ring (bicyclic) bond motifs is 2. The van der Waals surface area contributed by atoms with Crippen LogP contribution in [-0.2, 0) is 6.54 Å². The molecule has 160 valence electrons. The van der Waals surface area contributed by atoms with Crippen LogP contribution in [0.4, 0.5) is 8.78 Å². The van der Waals surface area contributed by atoms with Crippen LogP contribution in [0.3, 0.4) is 0 Å². The average molecular weight is 450 g/mol. The zero-order valence-electron chi connectivity index (χ0n) is 16.6. The lowest BCUT2D eigenvalue weighted by Crippen LogP contribution is -2.23. The number of pyridine rings is 1. The maximum Gasteiger partial charge on any atom is 0.252 e. The van der Waals surface area contributed by atoms with Crippen molar-refractivity contribution < 1.29 is 23.0 Å². The van der Waals surface area contributed by atoms with E-state index in [0.717, 1.165) is 23.4 Å². The Labute approximate surface area is 186 Å². The van der Waals surface area contributed by atoms with Gasteiger partial charge in [0.2, 0.25) is 6.79 Å². The maximum atomic E-state index is 14.1. The van der Waals surface area contributed by atoms with Gasteiger partial charge in [0.05, 0.1) is 11.1 Å². The fourth-order valence-electron chi connectivity index (χ4n) is 3.39. The molecule has 0 unspecified atom stereocenters. The Hall–Kier alpha value is -3.65. The summed E-state index contributed by atoms with van der Waals surface area (Å²) in [6.07, 6.45) is 0. The van der Waals surface area contributed by atoms with Crippen LogP contribution in [0.5, 0.6) is 11.5 Å². The lowest BCUT2D eigenvalue weighted by molar-refractivity contribution is 0.0952. The zero-order chi connectivity index (χ0) is 22.1. The molecule has 32 heavy (non-hydrogen) atoms. The second-order valence-electron chi connectivity index (χ2n) is 7.07. The fraction of sp³-hybridized carbons (Fsp3) is 0.0833. The lowest BCUT2D eigenvalue weighted by Gasteiger charge is -2.11. The van der Waals surface area contributed by atoms with Crippen molar-refractivity contribution in [3.05, 3.63) is 89.5 Å². The molecular formula is C24H16F2N2O3S. The Bertz CT molecular complexity index is 1350. The maximum absolute atomic E-state index is 14.1. The van der Waals surface area contributed by atoms with E-state index < -0.39 is 11.6 Å². The molecule has 8 heteroatoms. The largest absolute Gasteiger partial charge is 0.454 e. The van der Waals surface area contributed by atoms with E-state index >= 15 is 0 Å². The number of benzene rings is 3. The highest BCUT2D eigenvalue weighted by Gasteiger charge is 2.17. The minimum atomic E-state index is -0.682. The molecule has 0 saturated heterocycles. The first kappa shape index (κ1) is 20.3. The van der Waals surface area contributed by atoms with Crippen LogP contribution < -0.4 is 14.8 Å². The first-order valence-corrected chi connectivity index (χ1v) is 10.6. The van der Waals surface area contributed by atoms with Gasteiger partial charge in [-0.3, -0.25) is 4.79 Å². The van der Waals surface area contributed by atoms with Gasteiger partial charge < -0.3 is 14.8 Å². The van der Waals surface area contributed by atoms with Gasteiger partial charge in [0.15, 0.2) is 11.5 Å². The summed E-state index contributed by atoms with van der Waals surface area (Å²) >= 11 is 1.03. The topological polar surface area (TPSA) is 60.5 Å². The molecule has 0 aliphatic carbocycles. The van der Waals surface area contributed by atoms with Crippen molar-refractivity contribution in [1.29, 1.82) is 0 Å². The minimum absolute atomic E-state index is 0.184. The summed E-state index contributed by atoms with van der Waals surface area (Å²) in [6, 6.07) is 17.7. The van der Waals surface area contributed by atoms with Crippen molar-refractivity contribution in [2.45, 2.75) is 16.5 Å². The molecule has 0 atom stereocenters. The van der Waals surface area contributed by atoms with E-state index in [9.17, 15) is 13.6 Å². The lowest BCUT2D eigenvalue weighted by atomic mass is 10.1. The standard InChI is InChI=1S/C24H16F2N2O3S/c25-15-6-8-22(18(26)10-15)32-23-11-17(16-3-1-2-4-19(16)28-23)24(29)27-12-14-5-7-20-21(9-14)31-13-30-20/h1-11H,12-13H2,(H,27,29). The van der Waals surface area contributed by atoms with Crippen molar-refractivity contribution in [2.75, 3.05) is 6.79 Å². The van der Waals surface area contributed by atoms with E-state index in [1.807, 2.05) is 30.3 Å². The van der Waals surface area contributed by atoms with E-state index in [4.69, 9.17) is 9.47 Å². The number of rotatable bonds is 5. The number of amides is 1. The van der Waals surface area contributed by atoms with Crippen LogP contribution in [0.15, 0.2) is 76.7 Å². The smallest absolute Gasteiger partial charge is 0.252 e. The summed E-state index contributed by atoms with van der Waals surface area (Å²) in [5.41, 5.74) is 1.89. The first-order valence-electron chi connectivity index (χ1n) is 9.76. The van der Waals surface area contributed by atoms with Gasteiger partial charge in [0.25, 0.3) is 5.91 Å². The third-order valence-electron chi connectivity index (χ3n) is 4.94. The summed E-state index contributed by atoms with van der Waals surface area (Å²) in [6.45, 7) is 0.477. The molecule has 1 aliphatic rings. The van der Waals surface area contributed by atoms with Gasteiger partial charge in [-0.2, -0.15) is 0 Å². The second-order valence-corrected chi connectivity index (χ2v) is 8.13. The normalized spacial score (nSPS) is 12.2. The molecule has 5 nitrogen and oxygen atoms in total. The van der Waals surface area contributed by atoms with Crippen LogP contribution in [0.25, 0.3) is 10.9 Å². The summed E-state index contributed by atoms with van der Waals surface area (Å²) in [5, 5.41) is 4.03. The van der Waals surface area contributed by atoms with E-state index in [-0.39, 0.29) is 17.6 Å². The summed E-state index contributed by atoms with van der Waals surface area (Å²) < 4.78 is 38.0. The highest BCUT2D eigenvalue weighted by atomic mass is 32.2. The van der Waals surface area contributed by atoms with Gasteiger partial charge in [0.1, 0.15) is 16.7 Å². The number of hydrogen-bond donors (Lipinski definition) is 1. The SMILES string of the molecule is O=C(NCc1ccc2c(c1)OCO2)c1cc(Sc2ccc(F)cc2F)nc2ccccc12. The number of aromatic nitrogens is 1. The summed E-state index contributed by atoms with van der Waals surface area (Å²) in [7, 11) is 0. The molecule has 1 aromatic heterocycles. The minimum Gasteiger partial charge on any atom is -0.454 e. The Balaban J connectivity index is 1.42. The third kappa shape index (κ3) is 4.09. The number of halogens is 2. The van der Waals surface area contributed by atoms with E-state index in [1.54, 1.807) is 18.2 Å².